The van der Waals surface area contributed by atoms with Crippen LogP contribution < -0.4 is 0 Å². The van der Waals surface area contributed by atoms with E-state index in [1.807, 2.05) is 0 Å². The molecule has 1 aromatic heterocycles. The summed E-state index contributed by atoms with van der Waals surface area (Å²) in [5.41, 5.74) is 1.01. The number of H-pyrrole nitrogens is 1. The van der Waals surface area contributed by atoms with Crippen molar-refractivity contribution in [3.63, 3.8) is 0 Å². The molecule has 92 valence electrons. The van der Waals surface area contributed by atoms with Crippen LogP contribution in [0.4, 0.5) is 0 Å². The van der Waals surface area contributed by atoms with Gasteiger partial charge in [-0.3, -0.25) is 9.59 Å². The average Bonchev–Trinajstić information content (AvgIpc) is 2.85. The van der Waals surface area contributed by atoms with Crippen molar-refractivity contribution in [1.29, 1.82) is 0 Å². The lowest BCUT2D eigenvalue weighted by Gasteiger charge is -1.99. The summed E-state index contributed by atoms with van der Waals surface area (Å²) in [4.78, 5) is 29.0. The van der Waals surface area contributed by atoms with E-state index >= 15 is 0 Å². The molecule has 2 rings (SSSR count). The number of thioether (sulfide) groups is 1. The molecule has 18 heavy (non-hydrogen) atoms. The summed E-state index contributed by atoms with van der Waals surface area (Å²) < 4.78 is 0. The summed E-state index contributed by atoms with van der Waals surface area (Å²) in [5.74, 6) is 0.244. The summed E-state index contributed by atoms with van der Waals surface area (Å²) in [5, 5.41) is 1.15. The quantitative estimate of drug-likeness (QED) is 0.520. The van der Waals surface area contributed by atoms with Gasteiger partial charge in [0.2, 0.25) is 0 Å². The Morgan fingerprint density at radius 2 is 2.11 bits per heavy atom. The van der Waals surface area contributed by atoms with Gasteiger partial charge >= 0.3 is 0 Å². The summed E-state index contributed by atoms with van der Waals surface area (Å²) in [6.45, 7) is 0. The Morgan fingerprint density at radius 3 is 2.72 bits per heavy atom. The summed E-state index contributed by atoms with van der Waals surface area (Å²) in [7, 11) is 0. The van der Waals surface area contributed by atoms with Gasteiger partial charge in [-0.25, -0.2) is 4.98 Å². The second-order valence-corrected chi connectivity index (χ2v) is 4.88. The topological polar surface area (TPSA) is 62.8 Å². The van der Waals surface area contributed by atoms with Crippen LogP contribution in [0.1, 0.15) is 20.8 Å². The van der Waals surface area contributed by atoms with Gasteiger partial charge in [-0.2, -0.15) is 0 Å². The van der Waals surface area contributed by atoms with Crippen LogP contribution in [0.2, 0.25) is 5.02 Å². The van der Waals surface area contributed by atoms with E-state index in [4.69, 9.17) is 11.6 Å². The molecule has 0 saturated carbocycles. The second-order valence-electron chi connectivity index (χ2n) is 3.48. The highest BCUT2D eigenvalue weighted by atomic mass is 35.5. The maximum Gasteiger partial charge on any atom is 0.173 e. The van der Waals surface area contributed by atoms with Crippen LogP contribution >= 0.6 is 23.4 Å². The van der Waals surface area contributed by atoms with E-state index in [1.165, 1.54) is 18.0 Å². The number of imidazole rings is 1. The predicted octanol–water partition coefficient (Wildman–Crippen LogP) is 2.85. The first kappa shape index (κ1) is 12.9. The van der Waals surface area contributed by atoms with E-state index in [-0.39, 0.29) is 11.5 Å². The predicted molar refractivity (Wildman–Crippen MR) is 70.5 cm³/mol. The van der Waals surface area contributed by atoms with Gasteiger partial charge in [0, 0.05) is 10.6 Å². The van der Waals surface area contributed by atoms with Gasteiger partial charge < -0.3 is 4.98 Å². The number of nitrogens with zero attached hydrogens (tertiary/aromatic N) is 1. The SMILES string of the molecule is O=Cc1cnc(SCC(=O)c2ccc(Cl)cc2)[nH]1. The van der Waals surface area contributed by atoms with Gasteiger partial charge in [0.15, 0.2) is 17.2 Å². The van der Waals surface area contributed by atoms with E-state index in [9.17, 15) is 9.59 Å². The Hall–Kier alpha value is -1.59. The van der Waals surface area contributed by atoms with Crippen molar-refractivity contribution < 1.29 is 9.59 Å². The van der Waals surface area contributed by atoms with Crippen molar-refractivity contribution in [2.45, 2.75) is 5.16 Å². The molecule has 0 unspecified atom stereocenters. The van der Waals surface area contributed by atoms with Crippen LogP contribution in [-0.2, 0) is 0 Å². The van der Waals surface area contributed by atoms with E-state index < -0.39 is 0 Å². The lowest BCUT2D eigenvalue weighted by Crippen LogP contribution is -2.02. The minimum atomic E-state index is -0.0132. The highest BCUT2D eigenvalue weighted by Gasteiger charge is 2.08. The number of carbonyl (C=O) groups excluding carboxylic acids is 2. The number of aromatic nitrogens is 2. The third-order valence-corrected chi connectivity index (χ3v) is 3.34. The van der Waals surface area contributed by atoms with Crippen LogP contribution in [0.25, 0.3) is 0 Å². The van der Waals surface area contributed by atoms with Crippen molar-refractivity contribution in [1.82, 2.24) is 9.97 Å². The first-order valence-electron chi connectivity index (χ1n) is 5.11. The number of rotatable bonds is 5. The summed E-state index contributed by atoms with van der Waals surface area (Å²) >= 11 is 7.00. The maximum absolute atomic E-state index is 11.8. The van der Waals surface area contributed by atoms with E-state index in [0.29, 0.717) is 27.7 Å². The molecular formula is C12H9ClN2O2S. The van der Waals surface area contributed by atoms with Gasteiger partial charge in [0.05, 0.1) is 17.6 Å². The molecule has 0 aliphatic rings. The first-order valence-corrected chi connectivity index (χ1v) is 6.47. The van der Waals surface area contributed by atoms with Crippen LogP contribution in [0.5, 0.6) is 0 Å². The number of halogens is 1. The van der Waals surface area contributed by atoms with Crippen molar-refractivity contribution in [2.24, 2.45) is 0 Å². The number of nitrogens with one attached hydrogen (secondary N) is 1. The highest BCUT2D eigenvalue weighted by Crippen LogP contribution is 2.16. The van der Waals surface area contributed by atoms with Crippen LogP contribution in [-0.4, -0.2) is 27.8 Å². The molecule has 1 heterocycles. The molecule has 6 heteroatoms. The Labute approximate surface area is 113 Å². The van der Waals surface area contributed by atoms with Gasteiger partial charge in [-0.15, -0.1) is 0 Å². The van der Waals surface area contributed by atoms with Crippen LogP contribution in [0.3, 0.4) is 0 Å². The zero-order chi connectivity index (χ0) is 13.0. The number of hydrogen-bond acceptors (Lipinski definition) is 4. The lowest BCUT2D eigenvalue weighted by molar-refractivity contribution is 0.102. The Kier molecular flexibility index (Phi) is 4.17. The zero-order valence-electron chi connectivity index (χ0n) is 9.22. The Balaban J connectivity index is 1.95. The van der Waals surface area contributed by atoms with Gasteiger partial charge in [0.1, 0.15) is 0 Å². The third-order valence-electron chi connectivity index (χ3n) is 2.21. The van der Waals surface area contributed by atoms with Crippen molar-refractivity contribution in [3.05, 3.63) is 46.7 Å². The number of aldehydes is 1. The molecule has 0 spiro atoms. The molecule has 2 aromatic rings. The zero-order valence-corrected chi connectivity index (χ0v) is 10.8. The molecule has 0 aliphatic heterocycles. The van der Waals surface area contributed by atoms with Gasteiger partial charge in [-0.1, -0.05) is 23.4 Å². The number of Topliss-reactive ketones (excluding diaryl/α,β-unsaturated/α-hetero) is 1. The first-order chi connectivity index (χ1) is 8.69. The van der Waals surface area contributed by atoms with Crippen LogP contribution in [0, 0.1) is 0 Å². The van der Waals surface area contributed by atoms with E-state index in [0.717, 1.165) is 0 Å². The highest BCUT2D eigenvalue weighted by molar-refractivity contribution is 7.99. The van der Waals surface area contributed by atoms with Crippen LogP contribution in [0.15, 0.2) is 35.6 Å². The third kappa shape index (κ3) is 3.21. The van der Waals surface area contributed by atoms with Crippen molar-refractivity contribution >= 4 is 35.4 Å². The minimum absolute atomic E-state index is 0.0132. The fourth-order valence-corrected chi connectivity index (χ4v) is 2.18. The molecule has 0 amide bonds. The standard InChI is InChI=1S/C12H9ClN2O2S/c13-9-3-1-8(2-4-9)11(17)7-18-12-14-5-10(6-16)15-12/h1-6H,7H2,(H,14,15). The van der Waals surface area contributed by atoms with E-state index in [1.54, 1.807) is 24.3 Å². The molecule has 0 radical (unpaired) electrons. The molecule has 1 aromatic carbocycles. The number of aromatic amines is 1. The molecule has 0 atom stereocenters. The molecule has 4 nitrogen and oxygen atoms in total. The van der Waals surface area contributed by atoms with Crippen molar-refractivity contribution in [3.8, 4) is 0 Å². The Bertz CT molecular complexity index is 566. The normalized spacial score (nSPS) is 10.3. The maximum atomic E-state index is 11.8. The smallest absolute Gasteiger partial charge is 0.173 e. The number of benzene rings is 1. The molecule has 0 aliphatic carbocycles. The molecule has 0 bridgehead atoms. The lowest BCUT2D eigenvalue weighted by atomic mass is 10.1. The molecule has 0 fully saturated rings. The van der Waals surface area contributed by atoms with Gasteiger partial charge in [0.25, 0.3) is 0 Å². The largest absolute Gasteiger partial charge is 0.331 e. The Morgan fingerprint density at radius 1 is 1.39 bits per heavy atom. The monoisotopic (exact) mass is 280 g/mol. The number of ketones is 1. The summed E-state index contributed by atoms with van der Waals surface area (Å²) in [6, 6.07) is 6.72. The fourth-order valence-electron chi connectivity index (χ4n) is 1.30. The minimum Gasteiger partial charge on any atom is -0.331 e. The fraction of sp³-hybridized carbons (Fsp3) is 0.0833. The second kappa shape index (κ2) is 5.84. The van der Waals surface area contributed by atoms with Crippen molar-refractivity contribution in [2.75, 3.05) is 5.75 Å². The average molecular weight is 281 g/mol. The van der Waals surface area contributed by atoms with Gasteiger partial charge in [-0.05, 0) is 24.3 Å². The molecule has 1 N–H and O–H groups in total. The molecular weight excluding hydrogens is 272 g/mol. The number of hydrogen-bond donors (Lipinski definition) is 1. The molecule has 0 saturated heterocycles. The summed E-state index contributed by atoms with van der Waals surface area (Å²) in [6.07, 6.45) is 2.11. The van der Waals surface area contributed by atoms with E-state index in [2.05, 4.69) is 9.97 Å². The number of carbonyl (C=O) groups is 2.